The monoisotopic (exact) mass is 927 g/mol. The van der Waals surface area contributed by atoms with Gasteiger partial charge in [0.15, 0.2) is 22.8 Å². The number of hydrogen-bond donors (Lipinski definition) is 4. The Morgan fingerprint density at radius 1 is 0.908 bits per heavy atom. The number of anilines is 1. The number of nitrogens with one attached hydrogen (secondary N) is 2. The fourth-order valence-electron chi connectivity index (χ4n) is 7.67. The highest BCUT2D eigenvalue weighted by molar-refractivity contribution is 8.13. The van der Waals surface area contributed by atoms with Gasteiger partial charge >= 0.3 is 7.75 Å². The van der Waals surface area contributed by atoms with Gasteiger partial charge in [0.2, 0.25) is 0 Å². The largest absolute Gasteiger partial charge is 0.497 e. The molecule has 1 aliphatic rings. The Morgan fingerprint density at radius 3 is 2.08 bits per heavy atom. The Labute approximate surface area is 382 Å². The van der Waals surface area contributed by atoms with Crippen LogP contribution in [0, 0.1) is 11.2 Å². The van der Waals surface area contributed by atoms with E-state index in [1.54, 1.807) is 14.2 Å². The van der Waals surface area contributed by atoms with Gasteiger partial charge in [0.05, 0.1) is 32.8 Å². The first-order valence-corrected chi connectivity index (χ1v) is 23.7. The van der Waals surface area contributed by atoms with Crippen molar-refractivity contribution < 1.29 is 47.2 Å². The molecule has 1 aliphatic heterocycles. The van der Waals surface area contributed by atoms with Crippen LogP contribution >= 0.6 is 19.5 Å². The van der Waals surface area contributed by atoms with Crippen molar-refractivity contribution in [1.82, 2.24) is 19.6 Å². The molecule has 14 nitrogen and oxygen atoms in total. The molecule has 5 atom stereocenters. The van der Waals surface area contributed by atoms with E-state index in [2.05, 4.69) is 20.4 Å². The van der Waals surface area contributed by atoms with Crippen molar-refractivity contribution in [2.75, 3.05) is 38.5 Å². The van der Waals surface area contributed by atoms with E-state index < -0.39 is 55.2 Å². The summed E-state index contributed by atoms with van der Waals surface area (Å²) in [7, 11) is -0.933. The van der Waals surface area contributed by atoms with E-state index >= 15 is 4.39 Å². The smallest absolute Gasteiger partial charge is 0.405 e. The lowest BCUT2D eigenvalue weighted by Crippen LogP contribution is -2.44. The maximum atomic E-state index is 16.7. The van der Waals surface area contributed by atoms with E-state index in [1.165, 1.54) is 17.8 Å². The standard InChI is InChI=1S/C48H55FN5O9PS/c1-7-46(2,3)45(56)65-27-26-61-64(58,52-28-32-14-10-8-11-15-32)62-30-39-41(55)47(4,57)44(63-39)54-29-38(49)40-42(50-31-51-43(40)54)53-48(33-16-12-9-13-17-33,34-18-22-36(59-5)23-19-34)35-20-24-37(60-6)25-21-35/h8-25,29,31,39,41,44,55,57H,7,26-28,30H2,1-6H3,(H,52,58)(H,50,51,53)/t39-,41?,44-,47+,64?/m1/s1. The van der Waals surface area contributed by atoms with E-state index in [0.29, 0.717) is 17.9 Å². The SMILES string of the molecule is CCC(C)(C)C(=O)SCCOP(=O)(NCc1ccccc1)OC[C@H]1O[C@@H](n2cc(F)c3c(NC(c4ccccc4)(c4ccc(OC)cc4)c4ccc(OC)cc4)ncnc32)[C@@](C)(O)C1O. The van der Waals surface area contributed by atoms with Crippen molar-refractivity contribution in [3.63, 3.8) is 0 Å². The highest BCUT2D eigenvalue weighted by atomic mass is 32.2. The fraction of sp³-hybridized carbons (Fsp3) is 0.354. The summed E-state index contributed by atoms with van der Waals surface area (Å²) < 4.78 is 61.2. The summed E-state index contributed by atoms with van der Waals surface area (Å²) in [6.07, 6.45) is -1.18. The molecule has 2 aromatic heterocycles. The molecule has 0 radical (unpaired) electrons. The van der Waals surface area contributed by atoms with Gasteiger partial charge in [-0.3, -0.25) is 18.4 Å². The van der Waals surface area contributed by atoms with E-state index in [9.17, 15) is 19.6 Å². The number of rotatable bonds is 20. The van der Waals surface area contributed by atoms with Gasteiger partial charge in [-0.25, -0.2) is 24.0 Å². The minimum atomic E-state index is -4.11. The van der Waals surface area contributed by atoms with E-state index in [4.69, 9.17) is 23.3 Å². The molecule has 0 spiro atoms. The summed E-state index contributed by atoms with van der Waals surface area (Å²) in [6.45, 7) is 6.57. The van der Waals surface area contributed by atoms with Gasteiger partial charge in [0.1, 0.15) is 47.0 Å². The first-order valence-electron chi connectivity index (χ1n) is 21.2. The molecule has 1 saturated heterocycles. The molecule has 4 N–H and O–H groups in total. The van der Waals surface area contributed by atoms with Crippen LogP contribution in [0.15, 0.2) is 122 Å². The van der Waals surface area contributed by atoms with Crippen LogP contribution in [-0.2, 0) is 35.2 Å². The molecule has 65 heavy (non-hydrogen) atoms. The van der Waals surface area contributed by atoms with Crippen LogP contribution in [0.3, 0.4) is 0 Å². The van der Waals surface area contributed by atoms with Crippen LogP contribution in [0.5, 0.6) is 11.5 Å². The average molecular weight is 928 g/mol. The second kappa shape index (κ2) is 20.1. The lowest BCUT2D eigenvalue weighted by atomic mass is 9.77. The Bertz CT molecular complexity index is 2540. The predicted octanol–water partition coefficient (Wildman–Crippen LogP) is 8.63. The van der Waals surface area contributed by atoms with Crippen LogP contribution in [0.25, 0.3) is 11.0 Å². The Balaban J connectivity index is 1.19. The lowest BCUT2D eigenvalue weighted by Gasteiger charge is -2.37. The summed E-state index contributed by atoms with van der Waals surface area (Å²) in [6, 6.07) is 33.9. The van der Waals surface area contributed by atoms with Crippen molar-refractivity contribution >= 4 is 41.5 Å². The first kappa shape index (κ1) is 47.8. The molecule has 2 unspecified atom stereocenters. The van der Waals surface area contributed by atoms with Gasteiger partial charge < -0.3 is 29.7 Å². The van der Waals surface area contributed by atoms with Gasteiger partial charge in [-0.15, -0.1) is 0 Å². The Morgan fingerprint density at radius 2 is 1.49 bits per heavy atom. The highest BCUT2D eigenvalue weighted by Crippen LogP contribution is 2.48. The molecular weight excluding hydrogens is 873 g/mol. The summed E-state index contributed by atoms with van der Waals surface area (Å²) in [4.78, 5) is 21.8. The summed E-state index contributed by atoms with van der Waals surface area (Å²) in [5.41, 5.74) is -0.502. The zero-order valence-corrected chi connectivity index (χ0v) is 38.9. The van der Waals surface area contributed by atoms with Crippen molar-refractivity contribution in [2.45, 2.75) is 70.2 Å². The maximum absolute atomic E-state index is 16.7. The van der Waals surface area contributed by atoms with Crippen LogP contribution in [-0.4, -0.2) is 80.9 Å². The van der Waals surface area contributed by atoms with Gasteiger partial charge in [-0.05, 0) is 59.9 Å². The molecular formula is C48H55FN5O9PS. The zero-order chi connectivity index (χ0) is 46.4. The highest BCUT2D eigenvalue weighted by Gasteiger charge is 2.54. The molecule has 0 bridgehead atoms. The minimum absolute atomic E-state index is 0.00916. The van der Waals surface area contributed by atoms with Crippen LogP contribution in [0.2, 0.25) is 0 Å². The van der Waals surface area contributed by atoms with Crippen LogP contribution < -0.4 is 19.9 Å². The normalized spacial score (nSPS) is 19.8. The van der Waals surface area contributed by atoms with E-state index in [0.717, 1.165) is 40.2 Å². The van der Waals surface area contributed by atoms with Crippen molar-refractivity contribution in [2.24, 2.45) is 5.41 Å². The average Bonchev–Trinajstić information content (AvgIpc) is 3.79. The van der Waals surface area contributed by atoms with E-state index in [-0.39, 0.29) is 40.9 Å². The number of carbonyl (C=O) groups excluding carboxylic acids is 1. The second-order valence-corrected chi connectivity index (χ2v) is 19.4. The first-order chi connectivity index (χ1) is 31.2. The third kappa shape index (κ3) is 10.2. The van der Waals surface area contributed by atoms with Crippen molar-refractivity contribution in [3.8, 4) is 11.5 Å². The lowest BCUT2D eigenvalue weighted by molar-refractivity contribution is -0.118. The maximum Gasteiger partial charge on any atom is 0.405 e. The molecule has 7 rings (SSSR count). The Kier molecular flexibility index (Phi) is 14.8. The fourth-order valence-corrected chi connectivity index (χ4v) is 9.99. The second-order valence-electron chi connectivity index (χ2n) is 16.5. The molecule has 17 heteroatoms. The number of halogens is 1. The number of ether oxygens (including phenoxy) is 3. The molecule has 0 amide bonds. The Hall–Kier alpha value is -5.16. The van der Waals surface area contributed by atoms with Crippen molar-refractivity contribution in [1.29, 1.82) is 0 Å². The van der Waals surface area contributed by atoms with Gasteiger partial charge in [-0.1, -0.05) is 117 Å². The summed E-state index contributed by atoms with van der Waals surface area (Å²) >= 11 is 1.09. The molecule has 6 aromatic rings. The quantitative estimate of drug-likeness (QED) is 0.0325. The number of hydrogen-bond acceptors (Lipinski definition) is 13. The van der Waals surface area contributed by atoms with Crippen LogP contribution in [0.1, 0.15) is 62.6 Å². The van der Waals surface area contributed by atoms with Crippen molar-refractivity contribution in [3.05, 3.63) is 150 Å². The van der Waals surface area contributed by atoms with Gasteiger partial charge in [0.25, 0.3) is 0 Å². The number of carbonyl (C=O) groups is 1. The number of aliphatic hydroxyl groups excluding tert-OH is 1. The molecule has 344 valence electrons. The van der Waals surface area contributed by atoms with Crippen LogP contribution in [0.4, 0.5) is 10.2 Å². The molecule has 0 aliphatic carbocycles. The number of methoxy groups -OCH3 is 2. The topological polar surface area (TPSA) is 176 Å². The molecule has 3 heterocycles. The summed E-state index contributed by atoms with van der Waals surface area (Å²) in [5.74, 6) is 0.903. The number of nitrogens with zero attached hydrogens (tertiary/aromatic N) is 3. The summed E-state index contributed by atoms with van der Waals surface area (Å²) in [5, 5.41) is 29.9. The zero-order valence-electron chi connectivity index (χ0n) is 37.1. The minimum Gasteiger partial charge on any atom is -0.497 e. The predicted molar refractivity (Wildman–Crippen MR) is 248 cm³/mol. The third-order valence-corrected chi connectivity index (χ3v) is 14.6. The van der Waals surface area contributed by atoms with Gasteiger partial charge in [-0.2, -0.15) is 0 Å². The van der Waals surface area contributed by atoms with E-state index in [1.807, 2.05) is 130 Å². The van der Waals surface area contributed by atoms with Gasteiger partial charge in [0, 0.05) is 23.9 Å². The third-order valence-electron chi connectivity index (χ3n) is 11.9. The number of fused-ring (bicyclic) bond motifs is 1. The number of aliphatic hydroxyl groups is 2. The molecule has 1 fully saturated rings. The number of benzene rings is 4. The molecule has 4 aromatic carbocycles. The number of thioether (sulfide) groups is 1. The number of aromatic nitrogens is 3. The molecule has 0 saturated carbocycles.